The number of benzene rings is 1. The molecule has 0 aliphatic rings. The Kier molecular flexibility index (Phi) is 4.57. The van der Waals surface area contributed by atoms with Crippen molar-refractivity contribution in [2.75, 3.05) is 12.3 Å². The van der Waals surface area contributed by atoms with Crippen LogP contribution in [0.2, 0.25) is 0 Å². The maximum absolute atomic E-state index is 12.7. The van der Waals surface area contributed by atoms with Crippen LogP contribution in [0.1, 0.15) is 0 Å². The van der Waals surface area contributed by atoms with Crippen molar-refractivity contribution in [3.63, 3.8) is 0 Å². The van der Waals surface area contributed by atoms with Crippen LogP contribution < -0.4 is 5.73 Å². The molecule has 1 aromatic carbocycles. The van der Waals surface area contributed by atoms with Crippen LogP contribution in [0, 0.1) is 5.82 Å². The lowest BCUT2D eigenvalue weighted by molar-refractivity contribution is 0.624. The molecule has 1 aromatic rings. The van der Waals surface area contributed by atoms with Crippen molar-refractivity contribution in [3.05, 3.63) is 42.2 Å². The van der Waals surface area contributed by atoms with Gasteiger partial charge in [-0.1, -0.05) is 18.2 Å². The predicted molar refractivity (Wildman–Crippen MR) is 55.3 cm³/mol. The SMILES string of the molecule is NCC=CCSc1cccc(F)c1. The molecule has 0 saturated heterocycles. The van der Waals surface area contributed by atoms with E-state index in [1.165, 1.54) is 12.1 Å². The highest BCUT2D eigenvalue weighted by Crippen LogP contribution is 2.18. The van der Waals surface area contributed by atoms with Gasteiger partial charge < -0.3 is 5.73 Å². The Morgan fingerprint density at radius 1 is 1.38 bits per heavy atom. The minimum atomic E-state index is -0.187. The summed E-state index contributed by atoms with van der Waals surface area (Å²) >= 11 is 1.59. The lowest BCUT2D eigenvalue weighted by atomic mass is 10.4. The first-order chi connectivity index (χ1) is 6.33. The molecule has 0 aromatic heterocycles. The number of nitrogens with two attached hydrogens (primary N) is 1. The summed E-state index contributed by atoms with van der Waals surface area (Å²) in [4.78, 5) is 0.946. The van der Waals surface area contributed by atoms with E-state index in [-0.39, 0.29) is 5.82 Å². The summed E-state index contributed by atoms with van der Waals surface area (Å²) in [5.74, 6) is 0.647. The fourth-order valence-electron chi connectivity index (χ4n) is 0.865. The van der Waals surface area contributed by atoms with Gasteiger partial charge in [-0.2, -0.15) is 0 Å². The van der Waals surface area contributed by atoms with Gasteiger partial charge in [0.1, 0.15) is 5.82 Å². The number of rotatable bonds is 4. The van der Waals surface area contributed by atoms with Crippen molar-refractivity contribution >= 4 is 11.8 Å². The first-order valence-electron chi connectivity index (χ1n) is 4.06. The topological polar surface area (TPSA) is 26.0 Å². The van der Waals surface area contributed by atoms with Crippen molar-refractivity contribution in [1.29, 1.82) is 0 Å². The second kappa shape index (κ2) is 5.78. The minimum absolute atomic E-state index is 0.187. The minimum Gasteiger partial charge on any atom is -0.327 e. The molecule has 0 heterocycles. The Morgan fingerprint density at radius 3 is 2.92 bits per heavy atom. The molecule has 0 aliphatic heterocycles. The highest BCUT2D eigenvalue weighted by Gasteiger charge is 1.93. The van der Waals surface area contributed by atoms with Crippen molar-refractivity contribution in [2.24, 2.45) is 5.73 Å². The summed E-state index contributed by atoms with van der Waals surface area (Å²) < 4.78 is 12.7. The van der Waals surface area contributed by atoms with E-state index in [0.717, 1.165) is 10.6 Å². The van der Waals surface area contributed by atoms with Gasteiger partial charge in [-0.3, -0.25) is 0 Å². The van der Waals surface area contributed by atoms with Gasteiger partial charge in [0.05, 0.1) is 0 Å². The molecule has 0 atom stereocenters. The van der Waals surface area contributed by atoms with Gasteiger partial charge in [0.15, 0.2) is 0 Å². The van der Waals surface area contributed by atoms with Crippen LogP contribution in [-0.4, -0.2) is 12.3 Å². The van der Waals surface area contributed by atoms with E-state index in [9.17, 15) is 4.39 Å². The molecule has 3 heteroatoms. The van der Waals surface area contributed by atoms with Crippen LogP contribution in [0.25, 0.3) is 0 Å². The van der Waals surface area contributed by atoms with E-state index in [4.69, 9.17) is 5.73 Å². The first kappa shape index (κ1) is 10.3. The van der Waals surface area contributed by atoms with E-state index in [2.05, 4.69) is 0 Å². The first-order valence-corrected chi connectivity index (χ1v) is 5.05. The molecule has 0 spiro atoms. The molecular formula is C10H12FNS. The van der Waals surface area contributed by atoms with Crippen LogP contribution >= 0.6 is 11.8 Å². The Bertz CT molecular complexity index is 286. The largest absolute Gasteiger partial charge is 0.327 e. The monoisotopic (exact) mass is 197 g/mol. The Hall–Kier alpha value is -0.800. The zero-order valence-corrected chi connectivity index (χ0v) is 8.06. The molecule has 1 nitrogen and oxygen atoms in total. The molecule has 0 fully saturated rings. The van der Waals surface area contributed by atoms with Gasteiger partial charge >= 0.3 is 0 Å². The second-order valence-corrected chi connectivity index (χ2v) is 3.57. The molecule has 0 aliphatic carbocycles. The van der Waals surface area contributed by atoms with E-state index >= 15 is 0 Å². The van der Waals surface area contributed by atoms with Gasteiger partial charge in [-0.05, 0) is 18.2 Å². The fourth-order valence-corrected chi connectivity index (χ4v) is 1.66. The Balaban J connectivity index is 2.41. The molecule has 2 N–H and O–H groups in total. The zero-order valence-electron chi connectivity index (χ0n) is 7.24. The van der Waals surface area contributed by atoms with Crippen LogP contribution in [0.15, 0.2) is 41.3 Å². The van der Waals surface area contributed by atoms with Gasteiger partial charge in [0.25, 0.3) is 0 Å². The van der Waals surface area contributed by atoms with Gasteiger partial charge in [0.2, 0.25) is 0 Å². The molecule has 1 rings (SSSR count). The normalized spacial score (nSPS) is 10.9. The quantitative estimate of drug-likeness (QED) is 0.592. The Morgan fingerprint density at radius 2 is 2.23 bits per heavy atom. The van der Waals surface area contributed by atoms with Crippen LogP contribution in [0.4, 0.5) is 4.39 Å². The van der Waals surface area contributed by atoms with Crippen molar-refractivity contribution in [1.82, 2.24) is 0 Å². The van der Waals surface area contributed by atoms with Crippen LogP contribution in [0.5, 0.6) is 0 Å². The number of hydrogen-bond acceptors (Lipinski definition) is 2. The maximum Gasteiger partial charge on any atom is 0.124 e. The van der Waals surface area contributed by atoms with Crippen molar-refractivity contribution < 1.29 is 4.39 Å². The molecule has 0 unspecified atom stereocenters. The molecular weight excluding hydrogens is 185 g/mol. The van der Waals surface area contributed by atoms with Gasteiger partial charge in [0, 0.05) is 17.2 Å². The standard InChI is InChI=1S/C10H12FNS/c11-9-4-3-5-10(8-9)13-7-2-1-6-12/h1-5,8H,6-7,12H2. The second-order valence-electron chi connectivity index (χ2n) is 2.48. The summed E-state index contributed by atoms with van der Waals surface area (Å²) in [7, 11) is 0. The molecule has 0 radical (unpaired) electrons. The van der Waals surface area contributed by atoms with E-state index in [1.807, 2.05) is 18.2 Å². The predicted octanol–water partition coefficient (Wildman–Crippen LogP) is 2.43. The van der Waals surface area contributed by atoms with Crippen LogP contribution in [-0.2, 0) is 0 Å². The highest BCUT2D eigenvalue weighted by atomic mass is 32.2. The zero-order chi connectivity index (χ0) is 9.52. The summed E-state index contributed by atoms with van der Waals surface area (Å²) in [5, 5.41) is 0. The lowest BCUT2D eigenvalue weighted by Crippen LogP contribution is -1.92. The van der Waals surface area contributed by atoms with Crippen LogP contribution in [0.3, 0.4) is 0 Å². The Labute approximate surface area is 81.8 Å². The van der Waals surface area contributed by atoms with E-state index in [0.29, 0.717) is 6.54 Å². The smallest absolute Gasteiger partial charge is 0.124 e. The number of thioether (sulfide) groups is 1. The summed E-state index contributed by atoms with van der Waals surface area (Å²) in [6, 6.07) is 6.58. The van der Waals surface area contributed by atoms with E-state index < -0.39 is 0 Å². The van der Waals surface area contributed by atoms with Crippen molar-refractivity contribution in [2.45, 2.75) is 4.90 Å². The summed E-state index contributed by atoms with van der Waals surface area (Å²) in [5.41, 5.74) is 5.28. The third kappa shape index (κ3) is 4.10. The molecule has 0 bridgehead atoms. The average Bonchev–Trinajstić information content (AvgIpc) is 2.13. The van der Waals surface area contributed by atoms with Gasteiger partial charge in [-0.15, -0.1) is 11.8 Å². The maximum atomic E-state index is 12.7. The van der Waals surface area contributed by atoms with Gasteiger partial charge in [-0.25, -0.2) is 4.39 Å². The molecule has 0 saturated carbocycles. The molecule has 0 amide bonds. The van der Waals surface area contributed by atoms with E-state index in [1.54, 1.807) is 17.8 Å². The average molecular weight is 197 g/mol. The summed E-state index contributed by atoms with van der Waals surface area (Å²) in [6.45, 7) is 0.559. The lowest BCUT2D eigenvalue weighted by Gasteiger charge is -1.97. The highest BCUT2D eigenvalue weighted by molar-refractivity contribution is 7.99. The fraction of sp³-hybridized carbons (Fsp3) is 0.200. The third-order valence-electron chi connectivity index (χ3n) is 1.45. The molecule has 13 heavy (non-hydrogen) atoms. The number of hydrogen-bond donors (Lipinski definition) is 1. The summed E-state index contributed by atoms with van der Waals surface area (Å²) in [6.07, 6.45) is 3.88. The third-order valence-corrected chi connectivity index (χ3v) is 2.39. The number of halogens is 1. The molecule has 70 valence electrons. The van der Waals surface area contributed by atoms with Crippen molar-refractivity contribution in [3.8, 4) is 0 Å².